The van der Waals surface area contributed by atoms with Gasteiger partial charge in [0.2, 0.25) is 0 Å². The van der Waals surface area contributed by atoms with E-state index >= 15 is 0 Å². The van der Waals surface area contributed by atoms with Gasteiger partial charge in [0.05, 0.1) is 16.4 Å². The van der Waals surface area contributed by atoms with E-state index in [1.54, 1.807) is 12.1 Å². The summed E-state index contributed by atoms with van der Waals surface area (Å²) in [6.45, 7) is 4.37. The van der Waals surface area contributed by atoms with E-state index in [-0.39, 0.29) is 11.3 Å². The minimum atomic E-state index is -1.02. The molecule has 4 rings (SSSR count). The molecule has 0 radical (unpaired) electrons. The van der Waals surface area contributed by atoms with Gasteiger partial charge in [0.1, 0.15) is 18.0 Å². The molecule has 1 N–H and O–H groups in total. The molecule has 184 valence electrons. The van der Waals surface area contributed by atoms with Crippen LogP contribution in [0.25, 0.3) is 6.08 Å². The fourth-order valence-electron chi connectivity index (χ4n) is 3.95. The molecule has 7 nitrogen and oxygen atoms in total. The Morgan fingerprint density at radius 2 is 1.72 bits per heavy atom. The summed E-state index contributed by atoms with van der Waals surface area (Å²) in [5.74, 6) is -1.65. The number of nitrogens with zero attached hydrogens (tertiary/aromatic N) is 1. The molecule has 1 heterocycles. The molecule has 3 aromatic rings. The van der Waals surface area contributed by atoms with Crippen molar-refractivity contribution < 1.29 is 28.2 Å². The maximum absolute atomic E-state index is 14.3. The van der Waals surface area contributed by atoms with Crippen LogP contribution in [0.1, 0.15) is 22.3 Å². The lowest BCUT2D eigenvalue weighted by Gasteiger charge is -2.26. The van der Waals surface area contributed by atoms with Crippen LogP contribution in [0.3, 0.4) is 0 Å². The number of ether oxygens (including phenoxy) is 2. The Balaban J connectivity index is 1.65. The molecule has 0 atom stereocenters. The quantitative estimate of drug-likeness (QED) is 0.236. The first-order valence-corrected chi connectivity index (χ1v) is 12.0. The van der Waals surface area contributed by atoms with Crippen molar-refractivity contribution in [1.29, 1.82) is 0 Å². The van der Waals surface area contributed by atoms with Gasteiger partial charge in [0.25, 0.3) is 11.8 Å². The van der Waals surface area contributed by atoms with Gasteiger partial charge in [0.15, 0.2) is 11.5 Å². The van der Waals surface area contributed by atoms with Gasteiger partial charge in [-0.1, -0.05) is 41.5 Å². The zero-order valence-corrected chi connectivity index (χ0v) is 21.9. The second kappa shape index (κ2) is 10.5. The number of carbonyl (C=O) groups is 3. The van der Waals surface area contributed by atoms with Gasteiger partial charge < -0.3 is 9.47 Å². The van der Waals surface area contributed by atoms with Crippen LogP contribution in [0.5, 0.6) is 11.5 Å². The highest BCUT2D eigenvalue weighted by molar-refractivity contribution is 14.1. The van der Waals surface area contributed by atoms with Crippen LogP contribution in [-0.2, 0) is 16.2 Å². The molecule has 1 fully saturated rings. The lowest BCUT2D eigenvalue weighted by Crippen LogP contribution is -2.54. The predicted molar refractivity (Wildman–Crippen MR) is 141 cm³/mol. The number of anilines is 1. The van der Waals surface area contributed by atoms with Crippen LogP contribution < -0.4 is 19.7 Å². The number of para-hydroxylation sites is 1. The van der Waals surface area contributed by atoms with Crippen LogP contribution in [-0.4, -0.2) is 25.0 Å². The molecule has 0 unspecified atom stereocenters. The number of amides is 4. The number of hydrogen-bond acceptors (Lipinski definition) is 5. The third-order valence-corrected chi connectivity index (χ3v) is 6.22. The van der Waals surface area contributed by atoms with Crippen molar-refractivity contribution in [3.05, 3.63) is 91.8 Å². The number of nitrogens with one attached hydrogen (secondary N) is 1. The van der Waals surface area contributed by atoms with Crippen molar-refractivity contribution in [1.82, 2.24) is 5.32 Å². The number of benzene rings is 3. The molecule has 1 aliphatic heterocycles. The topological polar surface area (TPSA) is 84.9 Å². The Hall–Kier alpha value is -3.73. The lowest BCUT2D eigenvalue weighted by atomic mass is 10.1. The highest BCUT2D eigenvalue weighted by Gasteiger charge is 2.38. The largest absolute Gasteiger partial charge is 0.493 e. The van der Waals surface area contributed by atoms with Gasteiger partial charge in [0, 0.05) is 0 Å². The number of rotatable bonds is 6. The van der Waals surface area contributed by atoms with E-state index in [1.807, 2.05) is 26.0 Å². The van der Waals surface area contributed by atoms with E-state index in [9.17, 15) is 18.8 Å². The summed E-state index contributed by atoms with van der Waals surface area (Å²) in [6, 6.07) is 13.8. The molecule has 0 aromatic heterocycles. The Labute approximate surface area is 221 Å². The summed E-state index contributed by atoms with van der Waals surface area (Å²) < 4.78 is 26.5. The number of methoxy groups -OCH3 is 1. The number of hydrogen-bond donors (Lipinski definition) is 1. The molecule has 0 bridgehead atoms. The monoisotopic (exact) mass is 600 g/mol. The number of aryl methyl sites for hydroxylation is 2. The number of carbonyl (C=O) groups excluding carboxylic acids is 3. The first kappa shape index (κ1) is 25.4. The summed E-state index contributed by atoms with van der Waals surface area (Å²) in [7, 11) is 1.49. The van der Waals surface area contributed by atoms with E-state index in [0.29, 0.717) is 32.1 Å². The molecule has 1 saturated heterocycles. The van der Waals surface area contributed by atoms with Crippen molar-refractivity contribution in [2.24, 2.45) is 0 Å². The maximum atomic E-state index is 14.3. The standard InChI is InChI=1S/C27H22FIN2O5/c1-15-8-16(2)10-18(9-15)14-36-24-21(29)12-17(13-23(24)35-3)11-19-25(32)30-27(34)31(26(19)33)22-7-5-4-6-20(22)28/h4-13H,14H2,1-3H3,(H,30,32,34)/b19-11-. The normalized spacial score (nSPS) is 14.8. The van der Waals surface area contributed by atoms with Crippen molar-refractivity contribution in [2.45, 2.75) is 20.5 Å². The fraction of sp³-hybridized carbons (Fsp3) is 0.148. The van der Waals surface area contributed by atoms with Crippen molar-refractivity contribution in [3.63, 3.8) is 0 Å². The van der Waals surface area contributed by atoms with Crippen LogP contribution >= 0.6 is 22.6 Å². The van der Waals surface area contributed by atoms with Crippen LogP contribution in [0.2, 0.25) is 0 Å². The number of imide groups is 2. The van der Waals surface area contributed by atoms with Crippen molar-refractivity contribution in [2.75, 3.05) is 12.0 Å². The molecule has 0 spiro atoms. The van der Waals surface area contributed by atoms with Crippen molar-refractivity contribution in [3.8, 4) is 11.5 Å². The molecule has 0 saturated carbocycles. The molecule has 3 aromatic carbocycles. The summed E-state index contributed by atoms with van der Waals surface area (Å²) in [6.07, 6.45) is 1.33. The smallest absolute Gasteiger partial charge is 0.336 e. The van der Waals surface area contributed by atoms with E-state index in [2.05, 4.69) is 34.0 Å². The Morgan fingerprint density at radius 1 is 1.03 bits per heavy atom. The van der Waals surface area contributed by atoms with Gasteiger partial charge in [-0.15, -0.1) is 0 Å². The average Bonchev–Trinajstić information content (AvgIpc) is 2.81. The summed E-state index contributed by atoms with van der Waals surface area (Å²) in [4.78, 5) is 38.5. The van der Waals surface area contributed by atoms with Gasteiger partial charge in [-0.2, -0.15) is 0 Å². The third kappa shape index (κ3) is 5.25. The van der Waals surface area contributed by atoms with Crippen LogP contribution in [0.4, 0.5) is 14.9 Å². The zero-order chi connectivity index (χ0) is 26.0. The maximum Gasteiger partial charge on any atom is 0.336 e. The molecule has 1 aliphatic rings. The molecular weight excluding hydrogens is 578 g/mol. The molecule has 36 heavy (non-hydrogen) atoms. The van der Waals surface area contributed by atoms with E-state index < -0.39 is 23.7 Å². The number of barbiturate groups is 1. The SMILES string of the molecule is COc1cc(/C=C2/C(=O)NC(=O)N(c3ccccc3F)C2=O)cc(I)c1OCc1cc(C)cc(C)c1. The van der Waals surface area contributed by atoms with Gasteiger partial charge in [-0.05, 0) is 77.9 Å². The van der Waals surface area contributed by atoms with E-state index in [0.717, 1.165) is 22.8 Å². The minimum absolute atomic E-state index is 0.249. The lowest BCUT2D eigenvalue weighted by molar-refractivity contribution is -0.122. The fourth-order valence-corrected chi connectivity index (χ4v) is 4.73. The molecule has 4 amide bonds. The minimum Gasteiger partial charge on any atom is -0.493 e. The highest BCUT2D eigenvalue weighted by atomic mass is 127. The second-order valence-electron chi connectivity index (χ2n) is 8.23. The Morgan fingerprint density at radius 3 is 2.39 bits per heavy atom. The molecule has 0 aliphatic carbocycles. The highest BCUT2D eigenvalue weighted by Crippen LogP contribution is 2.36. The van der Waals surface area contributed by atoms with E-state index in [1.165, 1.54) is 31.4 Å². The zero-order valence-electron chi connectivity index (χ0n) is 19.7. The predicted octanol–water partition coefficient (Wildman–Crippen LogP) is 5.30. The van der Waals surface area contributed by atoms with E-state index in [4.69, 9.17) is 9.47 Å². The summed E-state index contributed by atoms with van der Waals surface area (Å²) in [5, 5.41) is 2.09. The third-order valence-electron chi connectivity index (χ3n) is 5.42. The molecular formula is C27H22FIN2O5. The first-order valence-electron chi connectivity index (χ1n) is 10.9. The van der Waals surface area contributed by atoms with Crippen LogP contribution in [0.15, 0.2) is 60.2 Å². The Kier molecular flexibility index (Phi) is 7.39. The van der Waals surface area contributed by atoms with Gasteiger partial charge >= 0.3 is 6.03 Å². The van der Waals surface area contributed by atoms with Gasteiger partial charge in [-0.3, -0.25) is 14.9 Å². The van der Waals surface area contributed by atoms with Crippen molar-refractivity contribution >= 4 is 52.2 Å². The van der Waals surface area contributed by atoms with Crippen LogP contribution in [0, 0.1) is 23.2 Å². The molecule has 9 heteroatoms. The average molecular weight is 600 g/mol. The number of halogens is 2. The first-order chi connectivity index (χ1) is 17.2. The number of urea groups is 1. The van der Waals surface area contributed by atoms with Gasteiger partial charge in [-0.25, -0.2) is 14.1 Å². The summed E-state index contributed by atoms with van der Waals surface area (Å²) >= 11 is 2.08. The Bertz CT molecular complexity index is 1400. The second-order valence-corrected chi connectivity index (χ2v) is 9.39. The summed E-state index contributed by atoms with van der Waals surface area (Å²) in [5.41, 5.74) is 3.18.